The Kier molecular flexibility index (Phi) is 6.49. The number of fused-ring (bicyclic) bond motifs is 1. The first-order chi connectivity index (χ1) is 16.6. The monoisotopic (exact) mass is 456 g/mol. The van der Waals surface area contributed by atoms with Crippen molar-refractivity contribution in [1.82, 2.24) is 25.1 Å². The average molecular weight is 457 g/mol. The highest BCUT2D eigenvalue weighted by atomic mass is 16.5. The third kappa shape index (κ3) is 5.23. The van der Waals surface area contributed by atoms with Gasteiger partial charge >= 0.3 is 0 Å². The van der Waals surface area contributed by atoms with Crippen LogP contribution in [0, 0.1) is 0 Å². The number of aromatic nitrogens is 4. The first-order valence-corrected chi connectivity index (χ1v) is 11.6. The minimum atomic E-state index is -0.220. The summed E-state index contributed by atoms with van der Waals surface area (Å²) in [7, 11) is 1.87. The Labute approximate surface area is 198 Å². The zero-order chi connectivity index (χ0) is 23.3. The average Bonchev–Trinajstić information content (AvgIpc) is 3.30. The Balaban J connectivity index is 1.36. The maximum atomic E-state index is 13.2. The van der Waals surface area contributed by atoms with E-state index in [0.717, 1.165) is 53.9 Å². The van der Waals surface area contributed by atoms with E-state index >= 15 is 0 Å². The lowest BCUT2D eigenvalue weighted by Crippen LogP contribution is -2.30. The van der Waals surface area contributed by atoms with Gasteiger partial charge in [-0.25, -0.2) is 9.97 Å². The van der Waals surface area contributed by atoms with Crippen molar-refractivity contribution in [3.8, 4) is 0 Å². The van der Waals surface area contributed by atoms with Gasteiger partial charge in [0.15, 0.2) is 0 Å². The van der Waals surface area contributed by atoms with Gasteiger partial charge in [0.2, 0.25) is 0 Å². The van der Waals surface area contributed by atoms with Crippen molar-refractivity contribution in [2.75, 3.05) is 18.5 Å². The molecule has 0 bridgehead atoms. The normalized spacial score (nSPS) is 15.2. The molecule has 8 heteroatoms. The number of benzene rings is 1. The number of nitrogens with zero attached hydrogens (tertiary/aromatic N) is 4. The molecule has 174 valence electrons. The number of hydrogen-bond acceptors (Lipinski definition) is 6. The fourth-order valence-electron chi connectivity index (χ4n) is 4.23. The molecule has 1 saturated heterocycles. The van der Waals surface area contributed by atoms with Crippen molar-refractivity contribution in [3.05, 3.63) is 83.9 Å². The van der Waals surface area contributed by atoms with Crippen LogP contribution >= 0.6 is 0 Å². The van der Waals surface area contributed by atoms with Crippen LogP contribution in [0.1, 0.15) is 40.5 Å². The van der Waals surface area contributed by atoms with Gasteiger partial charge in [0, 0.05) is 55.7 Å². The minimum absolute atomic E-state index is 0.218. The summed E-state index contributed by atoms with van der Waals surface area (Å²) in [5.74, 6) is 0.546. The van der Waals surface area contributed by atoms with E-state index in [4.69, 9.17) is 4.74 Å². The molecule has 3 aromatic heterocycles. The maximum Gasteiger partial charge on any atom is 0.270 e. The molecule has 0 saturated carbocycles. The summed E-state index contributed by atoms with van der Waals surface area (Å²) in [5, 5.41) is 11.8. The largest absolute Gasteiger partial charge is 0.381 e. The minimum Gasteiger partial charge on any atom is -0.381 e. The lowest BCUT2D eigenvalue weighted by atomic mass is 10.0. The molecule has 1 unspecified atom stereocenters. The fraction of sp³-hybridized carbons (Fsp3) is 0.308. The molecule has 1 aromatic carbocycles. The van der Waals surface area contributed by atoms with E-state index in [1.54, 1.807) is 23.1 Å². The van der Waals surface area contributed by atoms with Crippen LogP contribution in [0.4, 0.5) is 5.82 Å². The molecule has 1 aliphatic rings. The van der Waals surface area contributed by atoms with Gasteiger partial charge in [0.05, 0.1) is 17.8 Å². The summed E-state index contributed by atoms with van der Waals surface area (Å²) in [6, 6.07) is 15.8. The molecule has 8 nitrogen and oxygen atoms in total. The van der Waals surface area contributed by atoms with Gasteiger partial charge in [0.25, 0.3) is 5.91 Å². The van der Waals surface area contributed by atoms with E-state index in [1.807, 2.05) is 43.6 Å². The molecule has 34 heavy (non-hydrogen) atoms. The summed E-state index contributed by atoms with van der Waals surface area (Å²) in [6.07, 6.45) is 8.08. The number of carbonyl (C=O) groups is 1. The third-order valence-electron chi connectivity index (χ3n) is 6.09. The van der Waals surface area contributed by atoms with Crippen molar-refractivity contribution in [1.29, 1.82) is 0 Å². The predicted molar refractivity (Wildman–Crippen MR) is 131 cm³/mol. The Morgan fingerprint density at radius 3 is 2.74 bits per heavy atom. The molecule has 4 aromatic rings. The second kappa shape index (κ2) is 10.0. The predicted octanol–water partition coefficient (Wildman–Crippen LogP) is 3.67. The SMILES string of the molecule is Cn1cc(C(Cc2ccccc2)NC(=O)c2ccc3cnc(NC4CCOCC4)cc3n2)cn1. The summed E-state index contributed by atoms with van der Waals surface area (Å²) in [4.78, 5) is 22.4. The lowest BCUT2D eigenvalue weighted by molar-refractivity contribution is 0.0903. The van der Waals surface area contributed by atoms with Gasteiger partial charge in [-0.1, -0.05) is 30.3 Å². The van der Waals surface area contributed by atoms with E-state index in [-0.39, 0.29) is 11.9 Å². The molecule has 4 heterocycles. The topological polar surface area (TPSA) is 94.0 Å². The molecule has 1 aliphatic heterocycles. The first-order valence-electron chi connectivity index (χ1n) is 11.6. The quantitative estimate of drug-likeness (QED) is 0.441. The zero-order valence-electron chi connectivity index (χ0n) is 19.1. The Morgan fingerprint density at radius 2 is 1.97 bits per heavy atom. The van der Waals surface area contributed by atoms with Gasteiger partial charge in [-0.05, 0) is 37.0 Å². The van der Waals surface area contributed by atoms with Gasteiger partial charge in [-0.15, -0.1) is 0 Å². The van der Waals surface area contributed by atoms with E-state index < -0.39 is 0 Å². The number of anilines is 1. The Bertz CT molecular complexity index is 1270. The van der Waals surface area contributed by atoms with E-state index in [9.17, 15) is 4.79 Å². The molecule has 5 rings (SSSR count). The van der Waals surface area contributed by atoms with Crippen LogP contribution in [-0.2, 0) is 18.2 Å². The number of nitrogens with one attached hydrogen (secondary N) is 2. The smallest absolute Gasteiger partial charge is 0.270 e. The van der Waals surface area contributed by atoms with Gasteiger partial charge < -0.3 is 15.4 Å². The van der Waals surface area contributed by atoms with Crippen LogP contribution in [0.5, 0.6) is 0 Å². The highest BCUT2D eigenvalue weighted by molar-refractivity contribution is 5.95. The second-order valence-electron chi connectivity index (χ2n) is 8.65. The van der Waals surface area contributed by atoms with Gasteiger partial charge in [-0.3, -0.25) is 9.48 Å². The van der Waals surface area contributed by atoms with E-state index in [0.29, 0.717) is 18.2 Å². The number of aryl methyl sites for hydroxylation is 1. The molecule has 0 spiro atoms. The van der Waals surface area contributed by atoms with Crippen molar-refractivity contribution in [3.63, 3.8) is 0 Å². The number of carbonyl (C=O) groups excluding carboxylic acids is 1. The van der Waals surface area contributed by atoms with E-state index in [2.05, 4.69) is 37.8 Å². The third-order valence-corrected chi connectivity index (χ3v) is 6.09. The summed E-state index contributed by atoms with van der Waals surface area (Å²) in [5.41, 5.74) is 3.20. The highest BCUT2D eigenvalue weighted by Crippen LogP contribution is 2.21. The molecule has 0 aliphatic carbocycles. The number of rotatable bonds is 7. The second-order valence-corrected chi connectivity index (χ2v) is 8.65. The van der Waals surface area contributed by atoms with Crippen molar-refractivity contribution in [2.45, 2.75) is 31.3 Å². The summed E-state index contributed by atoms with van der Waals surface area (Å²) >= 11 is 0. The van der Waals surface area contributed by atoms with Crippen molar-refractivity contribution < 1.29 is 9.53 Å². The fourth-order valence-corrected chi connectivity index (χ4v) is 4.23. The lowest BCUT2D eigenvalue weighted by Gasteiger charge is -2.23. The Hall–Kier alpha value is -3.78. The standard InChI is InChI=1S/C26H28N6O2/c1-32-17-20(16-28-32)23(13-18-5-3-2-4-6-18)31-26(33)22-8-7-19-15-27-25(14-24(19)30-22)29-21-9-11-34-12-10-21/h2-8,14-17,21,23H,9-13H2,1H3,(H,27,29)(H,31,33). The molecular formula is C26H28N6O2. The van der Waals surface area contributed by atoms with Gasteiger partial charge in [0.1, 0.15) is 11.5 Å². The van der Waals surface area contributed by atoms with Crippen molar-refractivity contribution >= 4 is 22.6 Å². The van der Waals surface area contributed by atoms with Crippen LogP contribution in [-0.4, -0.2) is 44.9 Å². The molecular weight excluding hydrogens is 428 g/mol. The molecule has 1 atom stereocenters. The number of ether oxygens (including phenoxy) is 1. The molecule has 1 fully saturated rings. The van der Waals surface area contributed by atoms with Crippen LogP contribution < -0.4 is 10.6 Å². The van der Waals surface area contributed by atoms with Gasteiger partial charge in [-0.2, -0.15) is 5.10 Å². The highest BCUT2D eigenvalue weighted by Gasteiger charge is 2.19. The molecule has 1 amide bonds. The number of hydrogen-bond donors (Lipinski definition) is 2. The van der Waals surface area contributed by atoms with Crippen LogP contribution in [0.15, 0.2) is 67.1 Å². The Morgan fingerprint density at radius 1 is 1.15 bits per heavy atom. The molecule has 0 radical (unpaired) electrons. The van der Waals surface area contributed by atoms with Crippen LogP contribution in [0.25, 0.3) is 10.9 Å². The summed E-state index contributed by atoms with van der Waals surface area (Å²) < 4.78 is 7.17. The van der Waals surface area contributed by atoms with Crippen LogP contribution in [0.2, 0.25) is 0 Å². The summed E-state index contributed by atoms with van der Waals surface area (Å²) in [6.45, 7) is 1.52. The number of amides is 1. The first kappa shape index (κ1) is 22.0. The zero-order valence-corrected chi connectivity index (χ0v) is 19.1. The maximum absolute atomic E-state index is 13.2. The molecule has 2 N–H and O–H groups in total. The van der Waals surface area contributed by atoms with Crippen LogP contribution in [0.3, 0.4) is 0 Å². The number of pyridine rings is 2. The van der Waals surface area contributed by atoms with E-state index in [1.165, 1.54) is 0 Å². The van der Waals surface area contributed by atoms with Crippen molar-refractivity contribution in [2.24, 2.45) is 7.05 Å².